The fraction of sp³-hybridized carbons (Fsp3) is 0.500. The van der Waals surface area contributed by atoms with Crippen LogP contribution in [0.25, 0.3) is 0 Å². The number of hydrogen-bond donors (Lipinski definition) is 0. The van der Waals surface area contributed by atoms with E-state index in [1.54, 1.807) is 0 Å². The standard InChI is InChI=1S/C6H6FNO/c7-5-2-1-3-6(5)8-4-9/h2,6H,1,3H2. The van der Waals surface area contributed by atoms with Crippen LogP contribution in [0.4, 0.5) is 4.39 Å². The molecular weight excluding hydrogens is 121 g/mol. The van der Waals surface area contributed by atoms with Gasteiger partial charge >= 0.3 is 0 Å². The van der Waals surface area contributed by atoms with E-state index in [1.165, 1.54) is 12.2 Å². The zero-order valence-corrected chi connectivity index (χ0v) is 4.80. The first-order valence-electron chi connectivity index (χ1n) is 2.77. The van der Waals surface area contributed by atoms with E-state index in [4.69, 9.17) is 0 Å². The van der Waals surface area contributed by atoms with Gasteiger partial charge in [-0.15, -0.1) is 0 Å². The van der Waals surface area contributed by atoms with E-state index in [9.17, 15) is 9.18 Å². The Balaban J connectivity index is 2.63. The molecule has 9 heavy (non-hydrogen) atoms. The van der Waals surface area contributed by atoms with E-state index in [2.05, 4.69) is 4.99 Å². The predicted molar refractivity (Wildman–Crippen MR) is 30.3 cm³/mol. The Labute approximate surface area is 52.1 Å². The van der Waals surface area contributed by atoms with E-state index in [0.29, 0.717) is 12.8 Å². The van der Waals surface area contributed by atoms with Gasteiger partial charge in [0.2, 0.25) is 6.08 Å². The van der Waals surface area contributed by atoms with Crippen molar-refractivity contribution in [2.24, 2.45) is 4.99 Å². The van der Waals surface area contributed by atoms with Gasteiger partial charge in [-0.25, -0.2) is 9.18 Å². The lowest BCUT2D eigenvalue weighted by molar-refractivity contribution is 0.534. The quantitative estimate of drug-likeness (QED) is 0.386. The third-order valence-electron chi connectivity index (χ3n) is 1.31. The molecule has 1 unspecified atom stereocenters. The van der Waals surface area contributed by atoms with Crippen molar-refractivity contribution in [3.63, 3.8) is 0 Å². The van der Waals surface area contributed by atoms with Crippen LogP contribution >= 0.6 is 0 Å². The van der Waals surface area contributed by atoms with Gasteiger partial charge in [0.05, 0.1) is 0 Å². The van der Waals surface area contributed by atoms with Crippen LogP contribution in [0.3, 0.4) is 0 Å². The highest BCUT2D eigenvalue weighted by molar-refractivity contribution is 5.35. The molecule has 0 aromatic rings. The summed E-state index contributed by atoms with van der Waals surface area (Å²) < 4.78 is 12.4. The molecule has 48 valence electrons. The third-order valence-corrected chi connectivity index (χ3v) is 1.31. The lowest BCUT2D eigenvalue weighted by Crippen LogP contribution is -1.97. The second-order valence-corrected chi connectivity index (χ2v) is 1.90. The maximum absolute atomic E-state index is 12.4. The molecule has 1 atom stereocenters. The van der Waals surface area contributed by atoms with Gasteiger partial charge in [0.25, 0.3) is 0 Å². The van der Waals surface area contributed by atoms with Crippen molar-refractivity contribution in [1.82, 2.24) is 0 Å². The Morgan fingerprint density at radius 2 is 2.67 bits per heavy atom. The van der Waals surface area contributed by atoms with Crippen LogP contribution in [0, 0.1) is 0 Å². The van der Waals surface area contributed by atoms with Crippen LogP contribution in [0.1, 0.15) is 12.8 Å². The van der Waals surface area contributed by atoms with Crippen LogP contribution in [0.15, 0.2) is 16.9 Å². The third kappa shape index (κ3) is 1.24. The number of isocyanates is 1. The Morgan fingerprint density at radius 3 is 3.11 bits per heavy atom. The summed E-state index contributed by atoms with van der Waals surface area (Å²) in [4.78, 5) is 12.9. The van der Waals surface area contributed by atoms with Crippen LogP contribution in [-0.4, -0.2) is 12.1 Å². The molecule has 0 saturated heterocycles. The number of aliphatic imine (C=N–C) groups is 1. The minimum atomic E-state index is -0.525. The topological polar surface area (TPSA) is 29.4 Å². The van der Waals surface area contributed by atoms with Crippen molar-refractivity contribution in [3.05, 3.63) is 11.9 Å². The number of hydrogen-bond acceptors (Lipinski definition) is 2. The number of carbonyl (C=O) groups excluding carboxylic acids is 1. The molecule has 0 N–H and O–H groups in total. The number of allylic oxidation sites excluding steroid dienone is 1. The molecule has 0 bridgehead atoms. The van der Waals surface area contributed by atoms with Gasteiger partial charge in [-0.3, -0.25) is 0 Å². The zero-order valence-electron chi connectivity index (χ0n) is 4.80. The number of halogens is 1. The molecule has 0 aliphatic heterocycles. The fourth-order valence-electron chi connectivity index (χ4n) is 0.843. The first-order chi connectivity index (χ1) is 4.34. The highest BCUT2D eigenvalue weighted by Gasteiger charge is 2.17. The van der Waals surface area contributed by atoms with E-state index in [0.717, 1.165) is 0 Å². The molecule has 2 nitrogen and oxygen atoms in total. The Bertz CT molecular complexity index is 181. The summed E-state index contributed by atoms with van der Waals surface area (Å²) in [5.41, 5.74) is 0. The Kier molecular flexibility index (Phi) is 1.75. The molecule has 0 fully saturated rings. The SMILES string of the molecule is O=C=NC1CCC=C1F. The maximum Gasteiger partial charge on any atom is 0.235 e. The van der Waals surface area contributed by atoms with Gasteiger partial charge < -0.3 is 0 Å². The molecule has 1 aliphatic rings. The fourth-order valence-corrected chi connectivity index (χ4v) is 0.843. The van der Waals surface area contributed by atoms with Crippen LogP contribution in [-0.2, 0) is 4.79 Å². The van der Waals surface area contributed by atoms with Gasteiger partial charge in [0, 0.05) is 0 Å². The predicted octanol–water partition coefficient (Wildman–Crippen LogP) is 1.34. The summed E-state index contributed by atoms with van der Waals surface area (Å²) in [5.74, 6) is -0.293. The lowest BCUT2D eigenvalue weighted by atomic mass is 10.3. The molecule has 0 aromatic carbocycles. The first kappa shape index (κ1) is 6.17. The smallest absolute Gasteiger partial charge is 0.211 e. The summed E-state index contributed by atoms with van der Waals surface area (Å²) in [5, 5.41) is 0. The van der Waals surface area contributed by atoms with Crippen molar-refractivity contribution < 1.29 is 9.18 Å². The molecule has 0 amide bonds. The normalized spacial score (nSPS) is 25.0. The van der Waals surface area contributed by atoms with Gasteiger partial charge in [-0.2, -0.15) is 4.99 Å². The van der Waals surface area contributed by atoms with Crippen molar-refractivity contribution in [3.8, 4) is 0 Å². The minimum Gasteiger partial charge on any atom is -0.211 e. The molecule has 0 saturated carbocycles. The second-order valence-electron chi connectivity index (χ2n) is 1.90. The monoisotopic (exact) mass is 127 g/mol. The molecule has 1 aliphatic carbocycles. The lowest BCUT2D eigenvalue weighted by Gasteiger charge is -1.95. The van der Waals surface area contributed by atoms with Gasteiger partial charge in [-0.05, 0) is 12.8 Å². The molecule has 0 radical (unpaired) electrons. The highest BCUT2D eigenvalue weighted by Crippen LogP contribution is 2.21. The Morgan fingerprint density at radius 1 is 1.89 bits per heavy atom. The molecular formula is C6H6FNO. The van der Waals surface area contributed by atoms with Gasteiger partial charge in [0.15, 0.2) is 0 Å². The van der Waals surface area contributed by atoms with Crippen molar-refractivity contribution in [2.75, 3.05) is 0 Å². The van der Waals surface area contributed by atoms with Crippen molar-refractivity contribution in [2.45, 2.75) is 18.9 Å². The number of rotatable bonds is 1. The maximum atomic E-state index is 12.4. The highest BCUT2D eigenvalue weighted by atomic mass is 19.1. The summed E-state index contributed by atoms with van der Waals surface area (Å²) in [6.45, 7) is 0. The second kappa shape index (κ2) is 2.55. The molecule has 3 heteroatoms. The summed E-state index contributed by atoms with van der Waals surface area (Å²) in [7, 11) is 0. The zero-order chi connectivity index (χ0) is 6.69. The first-order valence-corrected chi connectivity index (χ1v) is 2.77. The van der Waals surface area contributed by atoms with E-state index < -0.39 is 6.04 Å². The van der Waals surface area contributed by atoms with Gasteiger partial charge in [-0.1, -0.05) is 6.08 Å². The largest absolute Gasteiger partial charge is 0.235 e. The Hall–Kier alpha value is -0.950. The molecule has 0 aromatic heterocycles. The van der Waals surface area contributed by atoms with Crippen molar-refractivity contribution >= 4 is 6.08 Å². The summed E-state index contributed by atoms with van der Waals surface area (Å²) in [6.07, 6.45) is 4.08. The van der Waals surface area contributed by atoms with E-state index >= 15 is 0 Å². The molecule has 1 rings (SSSR count). The molecule has 0 heterocycles. The van der Waals surface area contributed by atoms with Gasteiger partial charge in [0.1, 0.15) is 11.9 Å². The van der Waals surface area contributed by atoms with E-state index in [1.807, 2.05) is 0 Å². The van der Waals surface area contributed by atoms with E-state index in [-0.39, 0.29) is 5.83 Å². The molecule has 0 spiro atoms. The minimum absolute atomic E-state index is 0.293. The van der Waals surface area contributed by atoms with Crippen LogP contribution < -0.4 is 0 Å². The summed E-state index contributed by atoms with van der Waals surface area (Å²) >= 11 is 0. The van der Waals surface area contributed by atoms with Crippen molar-refractivity contribution in [1.29, 1.82) is 0 Å². The van der Waals surface area contributed by atoms with Crippen LogP contribution in [0.5, 0.6) is 0 Å². The van der Waals surface area contributed by atoms with Crippen LogP contribution in [0.2, 0.25) is 0 Å². The summed E-state index contributed by atoms with van der Waals surface area (Å²) in [6, 6.07) is -0.525. The average molecular weight is 127 g/mol. The number of nitrogens with zero attached hydrogens (tertiary/aromatic N) is 1. The average Bonchev–Trinajstić information content (AvgIpc) is 2.18.